The van der Waals surface area contributed by atoms with Gasteiger partial charge in [0, 0.05) is 52.6 Å². The van der Waals surface area contributed by atoms with Gasteiger partial charge < -0.3 is 20.1 Å². The molecule has 1 heterocycles. The minimum atomic E-state index is -3.11. The first kappa shape index (κ1) is 22.1. The van der Waals surface area contributed by atoms with Crippen molar-refractivity contribution < 1.29 is 17.9 Å². The van der Waals surface area contributed by atoms with Crippen molar-refractivity contribution in [3.63, 3.8) is 0 Å². The van der Waals surface area contributed by atoms with E-state index in [4.69, 9.17) is 9.47 Å². The normalized spacial score (nSPS) is 16.8. The van der Waals surface area contributed by atoms with Crippen LogP contribution in [0.15, 0.2) is 4.99 Å². The molecule has 3 N–H and O–H groups in total. The summed E-state index contributed by atoms with van der Waals surface area (Å²) in [6.07, 6.45) is 4.94. The molecule has 0 bridgehead atoms. The number of hydrogen-bond acceptors (Lipinski definition) is 5. The SMILES string of the molecule is CCNC(=NCCCOCC1CCOCC1)NCCCNS(C)(=O)=O. The summed E-state index contributed by atoms with van der Waals surface area (Å²) in [4.78, 5) is 4.50. The fraction of sp³-hybridized carbons (Fsp3) is 0.938. The molecular weight excluding hydrogens is 344 g/mol. The number of hydrogen-bond donors (Lipinski definition) is 3. The number of aliphatic imine (C=N–C) groups is 1. The molecule has 0 aliphatic carbocycles. The second-order valence-corrected chi connectivity index (χ2v) is 8.02. The lowest BCUT2D eigenvalue weighted by molar-refractivity contribution is 0.0205. The zero-order valence-corrected chi connectivity index (χ0v) is 16.4. The van der Waals surface area contributed by atoms with Gasteiger partial charge in [-0.2, -0.15) is 0 Å². The Morgan fingerprint density at radius 2 is 1.96 bits per heavy atom. The molecule has 25 heavy (non-hydrogen) atoms. The lowest BCUT2D eigenvalue weighted by atomic mass is 10.0. The molecule has 1 aliphatic rings. The first-order valence-electron chi connectivity index (χ1n) is 9.13. The molecule has 8 nitrogen and oxygen atoms in total. The van der Waals surface area contributed by atoms with E-state index in [0.717, 1.165) is 64.5 Å². The maximum atomic E-state index is 11.0. The van der Waals surface area contributed by atoms with E-state index in [0.29, 0.717) is 32.0 Å². The molecule has 0 saturated carbocycles. The van der Waals surface area contributed by atoms with Crippen molar-refractivity contribution in [1.82, 2.24) is 15.4 Å². The number of nitrogens with one attached hydrogen (secondary N) is 3. The van der Waals surface area contributed by atoms with Crippen molar-refractivity contribution >= 4 is 16.0 Å². The standard InChI is InChI=1S/C16H34N4O4S/c1-3-17-16(18-8-4-10-20-25(2,21)22)19-9-5-11-24-14-15-6-12-23-13-7-15/h15,20H,3-14H2,1-2H3,(H2,17,18,19). The monoisotopic (exact) mass is 378 g/mol. The summed E-state index contributed by atoms with van der Waals surface area (Å²) in [5, 5.41) is 6.38. The topological polar surface area (TPSA) is 101 Å². The summed E-state index contributed by atoms with van der Waals surface area (Å²) in [5.74, 6) is 1.39. The van der Waals surface area contributed by atoms with Gasteiger partial charge in [-0.3, -0.25) is 4.99 Å². The lowest BCUT2D eigenvalue weighted by Crippen LogP contribution is -2.38. The zero-order chi connectivity index (χ0) is 18.4. The third-order valence-corrected chi connectivity index (χ3v) is 4.49. The van der Waals surface area contributed by atoms with Crippen molar-refractivity contribution in [1.29, 1.82) is 0 Å². The highest BCUT2D eigenvalue weighted by Gasteiger charge is 2.13. The van der Waals surface area contributed by atoms with E-state index in [2.05, 4.69) is 20.3 Å². The van der Waals surface area contributed by atoms with Gasteiger partial charge >= 0.3 is 0 Å². The van der Waals surface area contributed by atoms with E-state index in [1.54, 1.807) is 0 Å². The van der Waals surface area contributed by atoms with E-state index in [1.165, 1.54) is 0 Å². The predicted octanol–water partition coefficient (Wildman–Crippen LogP) is 0.314. The van der Waals surface area contributed by atoms with Gasteiger partial charge in [0.15, 0.2) is 5.96 Å². The van der Waals surface area contributed by atoms with Gasteiger partial charge in [-0.25, -0.2) is 13.1 Å². The number of ether oxygens (including phenoxy) is 2. The maximum Gasteiger partial charge on any atom is 0.208 e. The predicted molar refractivity (Wildman–Crippen MR) is 100 cm³/mol. The Morgan fingerprint density at radius 1 is 1.20 bits per heavy atom. The Morgan fingerprint density at radius 3 is 2.64 bits per heavy atom. The third kappa shape index (κ3) is 13.0. The summed E-state index contributed by atoms with van der Waals surface area (Å²) in [7, 11) is -3.11. The van der Waals surface area contributed by atoms with Crippen LogP contribution in [0.4, 0.5) is 0 Å². The van der Waals surface area contributed by atoms with Gasteiger partial charge in [-0.15, -0.1) is 0 Å². The fourth-order valence-corrected chi connectivity index (χ4v) is 2.93. The van der Waals surface area contributed by atoms with Gasteiger partial charge in [0.05, 0.1) is 6.26 Å². The third-order valence-electron chi connectivity index (χ3n) is 3.77. The van der Waals surface area contributed by atoms with Crippen LogP contribution in [-0.4, -0.2) is 73.2 Å². The highest BCUT2D eigenvalue weighted by molar-refractivity contribution is 7.88. The molecule has 9 heteroatoms. The number of guanidine groups is 1. The highest BCUT2D eigenvalue weighted by atomic mass is 32.2. The smallest absolute Gasteiger partial charge is 0.208 e. The van der Waals surface area contributed by atoms with E-state index in [-0.39, 0.29) is 0 Å². The molecule has 0 spiro atoms. The summed E-state index contributed by atoms with van der Waals surface area (Å²) < 4.78 is 35.5. The second-order valence-electron chi connectivity index (χ2n) is 6.19. The Hall–Kier alpha value is -0.900. The molecule has 0 aromatic rings. The van der Waals surface area contributed by atoms with E-state index >= 15 is 0 Å². The number of sulfonamides is 1. The summed E-state index contributed by atoms with van der Waals surface area (Å²) in [5.41, 5.74) is 0. The Labute approximate surface area is 152 Å². The molecule has 1 saturated heterocycles. The zero-order valence-electron chi connectivity index (χ0n) is 15.6. The van der Waals surface area contributed by atoms with Crippen LogP contribution in [0.25, 0.3) is 0 Å². The van der Waals surface area contributed by atoms with Gasteiger partial charge in [-0.1, -0.05) is 0 Å². The van der Waals surface area contributed by atoms with E-state index < -0.39 is 10.0 Å². The van der Waals surface area contributed by atoms with Gasteiger partial charge in [-0.05, 0) is 38.5 Å². The Bertz CT molecular complexity index is 465. The summed E-state index contributed by atoms with van der Waals surface area (Å²) >= 11 is 0. The average Bonchev–Trinajstić information content (AvgIpc) is 2.57. The van der Waals surface area contributed by atoms with Crippen LogP contribution < -0.4 is 15.4 Å². The lowest BCUT2D eigenvalue weighted by Gasteiger charge is -2.21. The fourth-order valence-electron chi connectivity index (χ4n) is 2.42. The molecule has 1 aliphatic heterocycles. The summed E-state index contributed by atoms with van der Waals surface area (Å²) in [6.45, 7) is 7.83. The Kier molecular flexibility index (Phi) is 11.8. The highest BCUT2D eigenvalue weighted by Crippen LogP contribution is 2.14. The van der Waals surface area contributed by atoms with Crippen LogP contribution in [0.3, 0.4) is 0 Å². The van der Waals surface area contributed by atoms with Crippen molar-refractivity contribution in [2.45, 2.75) is 32.6 Å². The average molecular weight is 379 g/mol. The van der Waals surface area contributed by atoms with Crippen LogP contribution in [0.2, 0.25) is 0 Å². The summed E-state index contributed by atoms with van der Waals surface area (Å²) in [6, 6.07) is 0. The molecule has 0 aromatic heterocycles. The molecule has 1 fully saturated rings. The molecular formula is C16H34N4O4S. The molecule has 0 atom stereocenters. The first-order chi connectivity index (χ1) is 12.0. The first-order valence-corrected chi connectivity index (χ1v) is 11.0. The minimum absolute atomic E-state index is 0.422. The Balaban J connectivity index is 2.08. The molecule has 148 valence electrons. The van der Waals surface area contributed by atoms with Crippen LogP contribution in [0, 0.1) is 5.92 Å². The minimum Gasteiger partial charge on any atom is -0.381 e. The largest absolute Gasteiger partial charge is 0.381 e. The van der Waals surface area contributed by atoms with Gasteiger partial charge in [0.25, 0.3) is 0 Å². The van der Waals surface area contributed by atoms with Crippen molar-refractivity contribution in [3.8, 4) is 0 Å². The molecule has 0 aromatic carbocycles. The quantitative estimate of drug-likeness (QED) is 0.257. The molecule has 0 radical (unpaired) electrons. The van der Waals surface area contributed by atoms with Crippen LogP contribution in [0.1, 0.15) is 32.6 Å². The van der Waals surface area contributed by atoms with Crippen LogP contribution in [0.5, 0.6) is 0 Å². The number of nitrogens with zero attached hydrogens (tertiary/aromatic N) is 1. The molecule has 0 unspecified atom stereocenters. The van der Waals surface area contributed by atoms with E-state index in [1.807, 2.05) is 6.92 Å². The van der Waals surface area contributed by atoms with Gasteiger partial charge in [0.1, 0.15) is 0 Å². The van der Waals surface area contributed by atoms with Crippen molar-refractivity contribution in [2.24, 2.45) is 10.9 Å². The van der Waals surface area contributed by atoms with Crippen LogP contribution >= 0.6 is 0 Å². The molecule has 1 rings (SSSR count). The van der Waals surface area contributed by atoms with Gasteiger partial charge in [0.2, 0.25) is 10.0 Å². The second kappa shape index (κ2) is 13.3. The van der Waals surface area contributed by atoms with Crippen LogP contribution in [-0.2, 0) is 19.5 Å². The van der Waals surface area contributed by atoms with Crippen molar-refractivity contribution in [2.75, 3.05) is 58.9 Å². The van der Waals surface area contributed by atoms with E-state index in [9.17, 15) is 8.42 Å². The maximum absolute atomic E-state index is 11.0. The van der Waals surface area contributed by atoms with Crippen molar-refractivity contribution in [3.05, 3.63) is 0 Å². The molecule has 0 amide bonds. The number of rotatable bonds is 12.